The first kappa shape index (κ1) is 28.4. The van der Waals surface area contributed by atoms with Crippen LogP contribution in [0.3, 0.4) is 0 Å². The van der Waals surface area contributed by atoms with Crippen molar-refractivity contribution in [1.29, 1.82) is 0 Å². The standard InChI is InChI=1S/C28H29Cl3N2O2S/c1-28(2,3)32-27(35)25(15-19-7-5-4-6-8-19)33(17-20-9-10-22(30)16-24(20)31)26(34)18-36-23-13-11-21(29)12-14-23/h4-14,16,25H,15,17-18H2,1-3H3,(H,32,35)/t25-/m0/s1. The minimum Gasteiger partial charge on any atom is -0.350 e. The van der Waals surface area contributed by atoms with Gasteiger partial charge < -0.3 is 10.2 Å². The Kier molecular flexibility index (Phi) is 10.1. The molecule has 36 heavy (non-hydrogen) atoms. The summed E-state index contributed by atoms with van der Waals surface area (Å²) in [6.45, 7) is 5.93. The molecular formula is C28H29Cl3N2O2S. The van der Waals surface area contributed by atoms with Crippen molar-refractivity contribution in [2.24, 2.45) is 0 Å². The highest BCUT2D eigenvalue weighted by atomic mass is 35.5. The summed E-state index contributed by atoms with van der Waals surface area (Å²) in [7, 11) is 0. The van der Waals surface area contributed by atoms with E-state index in [1.165, 1.54) is 11.8 Å². The topological polar surface area (TPSA) is 49.4 Å². The van der Waals surface area contributed by atoms with Gasteiger partial charge in [-0.2, -0.15) is 0 Å². The molecule has 190 valence electrons. The summed E-state index contributed by atoms with van der Waals surface area (Å²) in [5.74, 6) is -0.242. The van der Waals surface area contributed by atoms with E-state index in [0.717, 1.165) is 10.5 Å². The second-order valence-electron chi connectivity index (χ2n) is 9.44. The molecule has 0 unspecified atom stereocenters. The van der Waals surface area contributed by atoms with Gasteiger partial charge in [0.25, 0.3) is 0 Å². The molecule has 1 N–H and O–H groups in total. The number of hydrogen-bond donors (Lipinski definition) is 1. The summed E-state index contributed by atoms with van der Waals surface area (Å²) in [5.41, 5.74) is 1.21. The fourth-order valence-corrected chi connectivity index (χ4v) is 4.98. The molecule has 0 saturated heterocycles. The number of thioether (sulfide) groups is 1. The molecule has 8 heteroatoms. The van der Waals surface area contributed by atoms with Crippen molar-refractivity contribution in [3.63, 3.8) is 0 Å². The Labute approximate surface area is 232 Å². The van der Waals surface area contributed by atoms with Crippen LogP contribution in [-0.2, 0) is 22.6 Å². The SMILES string of the molecule is CC(C)(C)NC(=O)[C@H](Cc1ccccc1)N(Cc1ccc(Cl)cc1Cl)C(=O)CSc1ccc(Cl)cc1. The van der Waals surface area contributed by atoms with E-state index in [-0.39, 0.29) is 24.1 Å². The fourth-order valence-electron chi connectivity index (χ4n) is 3.60. The van der Waals surface area contributed by atoms with Crippen molar-refractivity contribution in [1.82, 2.24) is 10.2 Å². The lowest BCUT2D eigenvalue weighted by atomic mass is 10.0. The quantitative estimate of drug-likeness (QED) is 0.278. The highest BCUT2D eigenvalue weighted by Crippen LogP contribution is 2.26. The summed E-state index contributed by atoms with van der Waals surface area (Å²) in [6, 6.07) is 21.4. The number of carbonyl (C=O) groups is 2. The van der Waals surface area contributed by atoms with Crippen LogP contribution in [0.2, 0.25) is 15.1 Å². The molecule has 0 aliphatic carbocycles. The Morgan fingerprint density at radius 2 is 1.56 bits per heavy atom. The minimum atomic E-state index is -0.739. The predicted molar refractivity (Wildman–Crippen MR) is 151 cm³/mol. The van der Waals surface area contributed by atoms with Gasteiger partial charge >= 0.3 is 0 Å². The number of benzene rings is 3. The number of rotatable bonds is 9. The van der Waals surface area contributed by atoms with E-state index in [2.05, 4.69) is 5.32 Å². The normalized spacial score (nSPS) is 12.2. The molecule has 3 aromatic carbocycles. The average molecular weight is 564 g/mol. The molecule has 0 aliphatic rings. The second-order valence-corrected chi connectivity index (χ2v) is 11.8. The third-order valence-electron chi connectivity index (χ3n) is 5.30. The van der Waals surface area contributed by atoms with Gasteiger partial charge in [0, 0.05) is 38.5 Å². The zero-order valence-corrected chi connectivity index (χ0v) is 23.5. The smallest absolute Gasteiger partial charge is 0.243 e. The van der Waals surface area contributed by atoms with Gasteiger partial charge in [-0.3, -0.25) is 9.59 Å². The Morgan fingerprint density at radius 3 is 2.17 bits per heavy atom. The van der Waals surface area contributed by atoms with Crippen LogP contribution in [0, 0.1) is 0 Å². The first-order chi connectivity index (χ1) is 17.0. The van der Waals surface area contributed by atoms with Crippen molar-refractivity contribution >= 4 is 58.4 Å². The van der Waals surface area contributed by atoms with E-state index in [1.807, 2.05) is 63.2 Å². The molecule has 1 atom stereocenters. The minimum absolute atomic E-state index is 0.154. The Hall–Kier alpha value is -2.18. The molecule has 0 fully saturated rings. The van der Waals surface area contributed by atoms with Gasteiger partial charge in [-0.1, -0.05) is 71.2 Å². The lowest BCUT2D eigenvalue weighted by Crippen LogP contribution is -2.54. The summed E-state index contributed by atoms with van der Waals surface area (Å²) < 4.78 is 0. The van der Waals surface area contributed by atoms with Gasteiger partial charge in [0.2, 0.25) is 11.8 Å². The highest BCUT2D eigenvalue weighted by Gasteiger charge is 2.32. The number of nitrogens with zero attached hydrogens (tertiary/aromatic N) is 1. The first-order valence-corrected chi connectivity index (χ1v) is 13.6. The van der Waals surface area contributed by atoms with Crippen LogP contribution in [0.1, 0.15) is 31.9 Å². The molecule has 0 radical (unpaired) electrons. The van der Waals surface area contributed by atoms with Gasteiger partial charge in [-0.05, 0) is 68.3 Å². The molecule has 3 aromatic rings. The van der Waals surface area contributed by atoms with Crippen molar-refractivity contribution in [3.8, 4) is 0 Å². The molecular weight excluding hydrogens is 535 g/mol. The Morgan fingerprint density at radius 1 is 0.917 bits per heavy atom. The zero-order chi connectivity index (χ0) is 26.3. The molecule has 0 aromatic heterocycles. The van der Waals surface area contributed by atoms with Crippen LogP contribution < -0.4 is 5.32 Å². The van der Waals surface area contributed by atoms with Crippen LogP contribution in [0.5, 0.6) is 0 Å². The number of hydrogen-bond acceptors (Lipinski definition) is 3. The van der Waals surface area contributed by atoms with Crippen molar-refractivity contribution in [2.75, 3.05) is 5.75 Å². The van der Waals surface area contributed by atoms with E-state index in [0.29, 0.717) is 27.1 Å². The second kappa shape index (κ2) is 12.9. The molecule has 0 aliphatic heterocycles. The molecule has 0 spiro atoms. The van der Waals surface area contributed by atoms with E-state index < -0.39 is 11.6 Å². The van der Waals surface area contributed by atoms with Crippen LogP contribution in [-0.4, -0.2) is 34.0 Å². The maximum absolute atomic E-state index is 13.7. The predicted octanol–water partition coefficient (Wildman–Crippen LogP) is 7.29. The van der Waals surface area contributed by atoms with Gasteiger partial charge in [0.15, 0.2) is 0 Å². The van der Waals surface area contributed by atoms with Crippen LogP contribution >= 0.6 is 46.6 Å². The summed E-state index contributed by atoms with van der Waals surface area (Å²) >= 11 is 20.0. The van der Waals surface area contributed by atoms with Crippen molar-refractivity contribution in [2.45, 2.75) is 50.2 Å². The molecule has 0 heterocycles. The number of halogens is 3. The Bertz CT molecular complexity index is 1180. The lowest BCUT2D eigenvalue weighted by molar-refractivity contribution is -0.140. The number of carbonyl (C=O) groups excluding carboxylic acids is 2. The molecule has 3 rings (SSSR count). The van der Waals surface area contributed by atoms with Gasteiger partial charge in [0.1, 0.15) is 6.04 Å². The van der Waals surface area contributed by atoms with Crippen LogP contribution in [0.15, 0.2) is 77.7 Å². The number of nitrogens with one attached hydrogen (secondary N) is 1. The van der Waals surface area contributed by atoms with E-state index >= 15 is 0 Å². The van der Waals surface area contributed by atoms with Gasteiger partial charge in [0.05, 0.1) is 5.75 Å². The maximum atomic E-state index is 13.7. The fraction of sp³-hybridized carbons (Fsp3) is 0.286. The monoisotopic (exact) mass is 562 g/mol. The summed E-state index contributed by atoms with van der Waals surface area (Å²) in [5, 5.41) is 4.64. The molecule has 0 saturated carbocycles. The van der Waals surface area contributed by atoms with E-state index in [1.54, 1.807) is 35.2 Å². The maximum Gasteiger partial charge on any atom is 0.243 e. The molecule has 4 nitrogen and oxygen atoms in total. The largest absolute Gasteiger partial charge is 0.350 e. The van der Waals surface area contributed by atoms with Crippen molar-refractivity contribution < 1.29 is 9.59 Å². The van der Waals surface area contributed by atoms with Crippen molar-refractivity contribution in [3.05, 3.63) is 99.0 Å². The average Bonchev–Trinajstić information content (AvgIpc) is 2.81. The van der Waals surface area contributed by atoms with Gasteiger partial charge in [-0.15, -0.1) is 11.8 Å². The lowest BCUT2D eigenvalue weighted by Gasteiger charge is -2.34. The first-order valence-electron chi connectivity index (χ1n) is 11.5. The number of amides is 2. The third kappa shape index (κ3) is 8.74. The van der Waals surface area contributed by atoms with E-state index in [4.69, 9.17) is 34.8 Å². The molecule has 2 amide bonds. The highest BCUT2D eigenvalue weighted by molar-refractivity contribution is 8.00. The van der Waals surface area contributed by atoms with E-state index in [9.17, 15) is 9.59 Å². The summed E-state index contributed by atoms with van der Waals surface area (Å²) in [6.07, 6.45) is 0.366. The van der Waals surface area contributed by atoms with Gasteiger partial charge in [-0.25, -0.2) is 0 Å². The van der Waals surface area contributed by atoms with Crippen LogP contribution in [0.4, 0.5) is 0 Å². The Balaban J connectivity index is 1.95. The van der Waals surface area contributed by atoms with Crippen LogP contribution in [0.25, 0.3) is 0 Å². The third-order valence-corrected chi connectivity index (χ3v) is 7.14. The summed E-state index contributed by atoms with van der Waals surface area (Å²) in [4.78, 5) is 29.8. The zero-order valence-electron chi connectivity index (χ0n) is 20.4. The molecule has 0 bridgehead atoms.